The number of hydrogen-bond donors (Lipinski definition) is 0. The van der Waals surface area contributed by atoms with Gasteiger partial charge in [0.2, 0.25) is 0 Å². The van der Waals surface area contributed by atoms with Crippen molar-refractivity contribution in [3.63, 3.8) is 0 Å². The highest BCUT2D eigenvalue weighted by atomic mass is 17.2. The molecule has 0 aromatic heterocycles. The zero-order valence-corrected chi connectivity index (χ0v) is 11.6. The second kappa shape index (κ2) is 6.18. The van der Waals surface area contributed by atoms with Gasteiger partial charge in [0.1, 0.15) is 6.10 Å². The van der Waals surface area contributed by atoms with E-state index in [0.29, 0.717) is 5.92 Å². The van der Waals surface area contributed by atoms with E-state index in [-0.39, 0.29) is 11.7 Å². The van der Waals surface area contributed by atoms with Gasteiger partial charge in [-0.1, -0.05) is 44.2 Å². The van der Waals surface area contributed by atoms with Crippen molar-refractivity contribution in [3.05, 3.63) is 35.9 Å². The molecule has 0 fully saturated rings. The zero-order valence-electron chi connectivity index (χ0n) is 11.6. The highest BCUT2D eigenvalue weighted by molar-refractivity contribution is 5.17. The summed E-state index contributed by atoms with van der Waals surface area (Å²) in [5.41, 5.74) is 0.898. The van der Waals surface area contributed by atoms with E-state index in [1.165, 1.54) is 5.56 Å². The Morgan fingerprint density at radius 3 is 2.12 bits per heavy atom. The number of hydrogen-bond acceptors (Lipinski definition) is 2. The number of rotatable bonds is 5. The minimum absolute atomic E-state index is 0.00965. The maximum Gasteiger partial charge on any atom is 0.118 e. The molecule has 0 saturated heterocycles. The first-order valence-corrected chi connectivity index (χ1v) is 6.28. The van der Waals surface area contributed by atoms with Gasteiger partial charge in [-0.25, -0.2) is 9.78 Å². The van der Waals surface area contributed by atoms with Gasteiger partial charge in [0, 0.05) is 0 Å². The van der Waals surface area contributed by atoms with Crippen LogP contribution in [0.3, 0.4) is 0 Å². The van der Waals surface area contributed by atoms with Gasteiger partial charge in [-0.3, -0.25) is 0 Å². The van der Waals surface area contributed by atoms with Gasteiger partial charge in [0.05, 0.1) is 5.60 Å². The smallest absolute Gasteiger partial charge is 0.118 e. The first-order valence-electron chi connectivity index (χ1n) is 6.28. The molecule has 1 aromatic rings. The van der Waals surface area contributed by atoms with E-state index in [0.717, 1.165) is 6.42 Å². The molecule has 1 aromatic carbocycles. The van der Waals surface area contributed by atoms with Crippen molar-refractivity contribution in [2.24, 2.45) is 5.92 Å². The minimum Gasteiger partial charge on any atom is -0.230 e. The third-order valence-corrected chi connectivity index (χ3v) is 2.27. The molecule has 0 spiro atoms. The molecule has 1 unspecified atom stereocenters. The first-order chi connectivity index (χ1) is 7.88. The maximum absolute atomic E-state index is 5.60. The fourth-order valence-corrected chi connectivity index (χ4v) is 1.53. The molecule has 0 aliphatic heterocycles. The van der Waals surface area contributed by atoms with E-state index < -0.39 is 0 Å². The molecule has 0 bridgehead atoms. The fourth-order valence-electron chi connectivity index (χ4n) is 1.53. The van der Waals surface area contributed by atoms with Crippen LogP contribution in [0.1, 0.15) is 52.7 Å². The lowest BCUT2D eigenvalue weighted by molar-refractivity contribution is -0.377. The maximum atomic E-state index is 5.60. The molecular formula is C15H24O2. The lowest BCUT2D eigenvalue weighted by Crippen LogP contribution is -2.21. The van der Waals surface area contributed by atoms with Crippen LogP contribution in [0.5, 0.6) is 0 Å². The fraction of sp³-hybridized carbons (Fsp3) is 0.600. The Bertz CT molecular complexity index is 311. The molecule has 0 amide bonds. The molecule has 0 N–H and O–H groups in total. The van der Waals surface area contributed by atoms with Gasteiger partial charge < -0.3 is 0 Å². The monoisotopic (exact) mass is 236 g/mol. The van der Waals surface area contributed by atoms with Crippen LogP contribution < -0.4 is 0 Å². The Kier molecular flexibility index (Phi) is 5.16. The molecule has 0 saturated carbocycles. The van der Waals surface area contributed by atoms with Gasteiger partial charge in [-0.2, -0.15) is 0 Å². The van der Waals surface area contributed by atoms with Crippen molar-refractivity contribution in [3.8, 4) is 0 Å². The summed E-state index contributed by atoms with van der Waals surface area (Å²) in [6.07, 6.45) is 0.968. The summed E-state index contributed by atoms with van der Waals surface area (Å²) < 4.78 is 0. The summed E-state index contributed by atoms with van der Waals surface area (Å²) in [5, 5.41) is 0. The SMILES string of the molecule is CC(C)CC(OOC(C)(C)C)c1ccccc1. The van der Waals surface area contributed by atoms with Crippen LogP contribution in [-0.2, 0) is 9.78 Å². The lowest BCUT2D eigenvalue weighted by atomic mass is 10.00. The topological polar surface area (TPSA) is 18.5 Å². The zero-order chi connectivity index (χ0) is 12.9. The second-order valence-corrected chi connectivity index (χ2v) is 5.82. The molecule has 0 aliphatic carbocycles. The average molecular weight is 236 g/mol. The Balaban J connectivity index is 2.68. The van der Waals surface area contributed by atoms with E-state index in [4.69, 9.17) is 9.78 Å². The van der Waals surface area contributed by atoms with E-state index >= 15 is 0 Å². The van der Waals surface area contributed by atoms with Crippen LogP contribution in [0.25, 0.3) is 0 Å². The lowest BCUT2D eigenvalue weighted by Gasteiger charge is -2.24. The molecule has 1 atom stereocenters. The van der Waals surface area contributed by atoms with Crippen LogP contribution in [0.4, 0.5) is 0 Å². The second-order valence-electron chi connectivity index (χ2n) is 5.82. The quantitative estimate of drug-likeness (QED) is 0.552. The van der Waals surface area contributed by atoms with E-state index in [2.05, 4.69) is 26.0 Å². The summed E-state index contributed by atoms with van der Waals surface area (Å²) >= 11 is 0. The summed E-state index contributed by atoms with van der Waals surface area (Å²) in [6, 6.07) is 10.2. The normalized spacial score (nSPS) is 14.0. The largest absolute Gasteiger partial charge is 0.230 e. The van der Waals surface area contributed by atoms with Crippen molar-refractivity contribution in [2.45, 2.75) is 52.7 Å². The van der Waals surface area contributed by atoms with Crippen LogP contribution in [0, 0.1) is 5.92 Å². The molecule has 96 valence electrons. The summed E-state index contributed by atoms with van der Waals surface area (Å²) in [7, 11) is 0. The van der Waals surface area contributed by atoms with Crippen molar-refractivity contribution in [1.29, 1.82) is 0 Å². The van der Waals surface area contributed by atoms with Crippen LogP contribution >= 0.6 is 0 Å². The summed E-state index contributed by atoms with van der Waals surface area (Å²) in [6.45, 7) is 10.4. The predicted molar refractivity (Wildman–Crippen MR) is 70.6 cm³/mol. The van der Waals surface area contributed by atoms with Gasteiger partial charge in [0.15, 0.2) is 0 Å². The van der Waals surface area contributed by atoms with Crippen molar-refractivity contribution in [2.75, 3.05) is 0 Å². The summed E-state index contributed by atoms with van der Waals surface area (Å²) in [5.74, 6) is 0.573. The van der Waals surface area contributed by atoms with Gasteiger partial charge in [-0.15, -0.1) is 0 Å². The van der Waals surface area contributed by atoms with E-state index in [1.807, 2.05) is 39.0 Å². The van der Waals surface area contributed by atoms with Crippen LogP contribution in [-0.4, -0.2) is 5.60 Å². The molecule has 17 heavy (non-hydrogen) atoms. The molecule has 0 heterocycles. The third-order valence-electron chi connectivity index (χ3n) is 2.27. The molecule has 0 aliphatic rings. The highest BCUT2D eigenvalue weighted by Gasteiger charge is 2.19. The van der Waals surface area contributed by atoms with E-state index in [1.54, 1.807) is 0 Å². The van der Waals surface area contributed by atoms with Crippen molar-refractivity contribution >= 4 is 0 Å². The van der Waals surface area contributed by atoms with Gasteiger partial charge in [-0.05, 0) is 38.7 Å². The van der Waals surface area contributed by atoms with E-state index in [9.17, 15) is 0 Å². The molecule has 1 rings (SSSR count). The molecule has 2 nitrogen and oxygen atoms in total. The van der Waals surface area contributed by atoms with Crippen LogP contribution in [0.15, 0.2) is 30.3 Å². The Morgan fingerprint density at radius 2 is 1.65 bits per heavy atom. The first kappa shape index (κ1) is 14.2. The van der Waals surface area contributed by atoms with Gasteiger partial charge >= 0.3 is 0 Å². The summed E-state index contributed by atoms with van der Waals surface area (Å²) in [4.78, 5) is 11.1. The highest BCUT2D eigenvalue weighted by Crippen LogP contribution is 2.27. The standard InChI is InChI=1S/C15H24O2/c1-12(2)11-14(16-17-15(3,4)5)13-9-7-6-8-10-13/h6-10,12,14H,11H2,1-5H3. The van der Waals surface area contributed by atoms with Gasteiger partial charge in [0.25, 0.3) is 0 Å². The molecule has 2 heteroatoms. The third kappa shape index (κ3) is 5.85. The Hall–Kier alpha value is -0.860. The molecule has 0 radical (unpaired) electrons. The minimum atomic E-state index is -0.274. The molecular weight excluding hydrogens is 212 g/mol. The Labute approximate surface area is 105 Å². The average Bonchev–Trinajstić information content (AvgIpc) is 2.24. The van der Waals surface area contributed by atoms with Crippen molar-refractivity contribution < 1.29 is 9.78 Å². The number of benzene rings is 1. The van der Waals surface area contributed by atoms with Crippen molar-refractivity contribution in [1.82, 2.24) is 0 Å². The van der Waals surface area contributed by atoms with Crippen LogP contribution in [0.2, 0.25) is 0 Å². The predicted octanol–water partition coefficient (Wildman–Crippen LogP) is 4.52. The Morgan fingerprint density at radius 1 is 1.06 bits per heavy atom.